The smallest absolute Gasteiger partial charge is 0.295 e. The number of carbonyl (C=O) groups excluding carboxylic acids is 2. The van der Waals surface area contributed by atoms with Gasteiger partial charge in [-0.15, -0.1) is 0 Å². The standard InChI is InChI=1S/C26H31BrN2O6/c1-5-28(6-2)11-12-29-22(17-14-19(27)24(31)20(15-17)34-4)21(25(32)26(29)33)23(30)16-9-8-10-18(13-16)35-7-3/h8-10,13-15,22,30-31H,5-7,11-12H2,1-4H3. The molecule has 2 aromatic rings. The Bertz CT molecular complexity index is 1130. The number of likely N-dealkylation sites (tertiary alicyclic amines) is 1. The number of phenolic OH excluding ortho intramolecular Hbond substituents is 1. The van der Waals surface area contributed by atoms with Gasteiger partial charge in [-0.05, 0) is 65.8 Å². The first-order valence-electron chi connectivity index (χ1n) is 11.6. The quantitative estimate of drug-likeness (QED) is 0.260. The third-order valence-corrected chi connectivity index (χ3v) is 6.70. The van der Waals surface area contributed by atoms with E-state index >= 15 is 0 Å². The van der Waals surface area contributed by atoms with Crippen LogP contribution in [0.1, 0.15) is 37.9 Å². The minimum atomic E-state index is -0.868. The molecule has 1 aliphatic rings. The molecule has 0 bridgehead atoms. The third kappa shape index (κ3) is 5.46. The molecular formula is C26H31BrN2O6. The van der Waals surface area contributed by atoms with E-state index < -0.39 is 17.7 Å². The molecule has 2 N–H and O–H groups in total. The number of Topliss-reactive ketones (excluding diaryl/α,β-unsaturated/α-hetero) is 1. The van der Waals surface area contributed by atoms with Crippen molar-refractivity contribution < 1.29 is 29.3 Å². The van der Waals surface area contributed by atoms with Crippen LogP contribution in [0, 0.1) is 0 Å². The van der Waals surface area contributed by atoms with Crippen LogP contribution in [0.5, 0.6) is 17.2 Å². The van der Waals surface area contributed by atoms with E-state index in [2.05, 4.69) is 20.8 Å². The highest BCUT2D eigenvalue weighted by Crippen LogP contribution is 2.44. The Hall–Kier alpha value is -3.04. The molecule has 0 radical (unpaired) electrons. The van der Waals surface area contributed by atoms with Gasteiger partial charge >= 0.3 is 0 Å². The molecule has 1 heterocycles. The summed E-state index contributed by atoms with van der Waals surface area (Å²) in [5, 5.41) is 21.6. The number of ether oxygens (including phenoxy) is 2. The van der Waals surface area contributed by atoms with Crippen LogP contribution in [0.2, 0.25) is 0 Å². The van der Waals surface area contributed by atoms with Gasteiger partial charge in [-0.2, -0.15) is 0 Å². The van der Waals surface area contributed by atoms with E-state index in [1.807, 2.05) is 20.8 Å². The maximum atomic E-state index is 13.3. The van der Waals surface area contributed by atoms with Gasteiger partial charge in [0.1, 0.15) is 11.5 Å². The second-order valence-electron chi connectivity index (χ2n) is 8.03. The molecule has 188 valence electrons. The molecule has 1 fully saturated rings. The van der Waals surface area contributed by atoms with E-state index in [1.54, 1.807) is 36.4 Å². The molecule has 1 aliphatic heterocycles. The number of methoxy groups -OCH3 is 1. The molecule has 0 saturated carbocycles. The monoisotopic (exact) mass is 546 g/mol. The number of nitrogens with zero attached hydrogens (tertiary/aromatic N) is 2. The van der Waals surface area contributed by atoms with Crippen molar-refractivity contribution in [1.29, 1.82) is 0 Å². The first-order chi connectivity index (χ1) is 16.8. The highest BCUT2D eigenvalue weighted by molar-refractivity contribution is 9.10. The van der Waals surface area contributed by atoms with Crippen LogP contribution in [-0.2, 0) is 9.59 Å². The largest absolute Gasteiger partial charge is 0.507 e. The number of aliphatic hydroxyl groups excluding tert-OH is 1. The fourth-order valence-electron chi connectivity index (χ4n) is 4.21. The summed E-state index contributed by atoms with van der Waals surface area (Å²) >= 11 is 3.33. The number of aromatic hydroxyl groups is 1. The number of hydrogen-bond donors (Lipinski definition) is 2. The molecule has 1 atom stereocenters. The van der Waals surface area contributed by atoms with Gasteiger partial charge < -0.3 is 29.5 Å². The van der Waals surface area contributed by atoms with Crippen molar-refractivity contribution in [2.24, 2.45) is 0 Å². The van der Waals surface area contributed by atoms with Gasteiger partial charge in [0.25, 0.3) is 11.7 Å². The normalized spacial score (nSPS) is 17.3. The van der Waals surface area contributed by atoms with Gasteiger partial charge in [0.15, 0.2) is 11.5 Å². The first-order valence-corrected chi connectivity index (χ1v) is 12.4. The lowest BCUT2D eigenvalue weighted by Gasteiger charge is -2.28. The third-order valence-electron chi connectivity index (χ3n) is 6.10. The van der Waals surface area contributed by atoms with Gasteiger partial charge in [0.05, 0.1) is 29.8 Å². The highest BCUT2D eigenvalue weighted by Gasteiger charge is 2.46. The molecule has 1 amide bonds. The van der Waals surface area contributed by atoms with E-state index in [0.717, 1.165) is 13.1 Å². The van der Waals surface area contributed by atoms with Crippen molar-refractivity contribution in [2.75, 3.05) is 39.9 Å². The Morgan fingerprint density at radius 2 is 1.86 bits per heavy atom. The summed E-state index contributed by atoms with van der Waals surface area (Å²) in [5.41, 5.74) is 0.864. The Labute approximate surface area is 213 Å². The number of phenols is 1. The van der Waals surface area contributed by atoms with Crippen LogP contribution in [0.15, 0.2) is 46.4 Å². The minimum Gasteiger partial charge on any atom is -0.507 e. The fraction of sp³-hybridized carbons (Fsp3) is 0.385. The van der Waals surface area contributed by atoms with Crippen LogP contribution >= 0.6 is 15.9 Å². The van der Waals surface area contributed by atoms with Gasteiger partial charge in [-0.25, -0.2) is 0 Å². The SMILES string of the molecule is CCOc1cccc(C(O)=C2C(=O)C(=O)N(CCN(CC)CC)C2c2cc(Br)c(O)c(OC)c2)c1. The summed E-state index contributed by atoms with van der Waals surface area (Å²) in [5.74, 6) is -1.12. The van der Waals surface area contributed by atoms with E-state index in [1.165, 1.54) is 12.0 Å². The lowest BCUT2D eigenvalue weighted by atomic mass is 9.95. The second kappa shape index (κ2) is 11.6. The average molecular weight is 547 g/mol. The van der Waals surface area contributed by atoms with Crippen LogP contribution in [0.3, 0.4) is 0 Å². The summed E-state index contributed by atoms with van der Waals surface area (Å²) in [6, 6.07) is 9.09. The number of aliphatic hydroxyl groups is 1. The lowest BCUT2D eigenvalue weighted by Crippen LogP contribution is -2.38. The van der Waals surface area contributed by atoms with Gasteiger partial charge in [-0.3, -0.25) is 9.59 Å². The summed E-state index contributed by atoms with van der Waals surface area (Å²) in [6.45, 7) is 8.80. The molecule has 8 nitrogen and oxygen atoms in total. The maximum Gasteiger partial charge on any atom is 0.295 e. The molecule has 35 heavy (non-hydrogen) atoms. The van der Waals surface area contributed by atoms with E-state index in [0.29, 0.717) is 34.5 Å². The number of amides is 1. The first kappa shape index (κ1) is 26.6. The van der Waals surface area contributed by atoms with Crippen molar-refractivity contribution in [3.8, 4) is 17.2 Å². The predicted octanol–water partition coefficient (Wildman–Crippen LogP) is 4.33. The highest BCUT2D eigenvalue weighted by atomic mass is 79.9. The minimum absolute atomic E-state index is 0.0251. The Morgan fingerprint density at radius 1 is 1.14 bits per heavy atom. The van der Waals surface area contributed by atoms with Crippen molar-refractivity contribution in [3.05, 3.63) is 57.6 Å². The predicted molar refractivity (Wildman–Crippen MR) is 137 cm³/mol. The van der Waals surface area contributed by atoms with E-state index in [-0.39, 0.29) is 29.4 Å². The van der Waals surface area contributed by atoms with Crippen LogP contribution in [0.25, 0.3) is 5.76 Å². The van der Waals surface area contributed by atoms with Crippen LogP contribution in [0.4, 0.5) is 0 Å². The Kier molecular flexibility index (Phi) is 8.80. The Balaban J connectivity index is 2.18. The molecule has 0 spiro atoms. The fourth-order valence-corrected chi connectivity index (χ4v) is 4.67. The zero-order valence-electron chi connectivity index (χ0n) is 20.4. The zero-order valence-corrected chi connectivity index (χ0v) is 22.0. The number of carbonyl (C=O) groups is 2. The van der Waals surface area contributed by atoms with Gasteiger partial charge in [0.2, 0.25) is 0 Å². The summed E-state index contributed by atoms with van der Waals surface area (Å²) in [7, 11) is 1.42. The number of halogens is 1. The number of hydrogen-bond acceptors (Lipinski definition) is 7. The number of likely N-dealkylation sites (N-methyl/N-ethyl adjacent to an activating group) is 1. The summed E-state index contributed by atoms with van der Waals surface area (Å²) in [6.07, 6.45) is 0. The van der Waals surface area contributed by atoms with Gasteiger partial charge in [0, 0.05) is 18.7 Å². The van der Waals surface area contributed by atoms with Crippen LogP contribution in [-0.4, -0.2) is 71.6 Å². The lowest BCUT2D eigenvalue weighted by molar-refractivity contribution is -0.140. The molecule has 2 aromatic carbocycles. The van der Waals surface area contributed by atoms with Crippen molar-refractivity contribution in [2.45, 2.75) is 26.8 Å². The molecular weight excluding hydrogens is 516 g/mol. The van der Waals surface area contributed by atoms with Crippen LogP contribution < -0.4 is 9.47 Å². The van der Waals surface area contributed by atoms with Gasteiger partial charge in [-0.1, -0.05) is 26.0 Å². The van der Waals surface area contributed by atoms with E-state index in [9.17, 15) is 19.8 Å². The van der Waals surface area contributed by atoms with Crippen molar-refractivity contribution in [1.82, 2.24) is 9.80 Å². The molecule has 1 unspecified atom stereocenters. The molecule has 1 saturated heterocycles. The van der Waals surface area contributed by atoms with E-state index in [4.69, 9.17) is 9.47 Å². The van der Waals surface area contributed by atoms with Crippen molar-refractivity contribution >= 4 is 33.4 Å². The molecule has 0 aromatic heterocycles. The summed E-state index contributed by atoms with van der Waals surface area (Å²) < 4.78 is 11.2. The molecule has 3 rings (SSSR count). The maximum absolute atomic E-state index is 13.3. The topological polar surface area (TPSA) is 99.5 Å². The van der Waals surface area contributed by atoms with Crippen molar-refractivity contribution in [3.63, 3.8) is 0 Å². The second-order valence-corrected chi connectivity index (χ2v) is 8.89. The summed E-state index contributed by atoms with van der Waals surface area (Å²) in [4.78, 5) is 30.1. The number of benzene rings is 2. The molecule has 9 heteroatoms. The molecule has 0 aliphatic carbocycles. The average Bonchev–Trinajstić information content (AvgIpc) is 3.11. The number of rotatable bonds is 10. The zero-order chi connectivity index (χ0) is 25.7. The Morgan fingerprint density at radius 3 is 2.49 bits per heavy atom. The number of ketones is 1.